The van der Waals surface area contributed by atoms with E-state index in [1.54, 1.807) is 12.1 Å². The maximum absolute atomic E-state index is 13.6. The highest BCUT2D eigenvalue weighted by Gasteiger charge is 2.13. The Balaban J connectivity index is 1.68. The molecule has 0 atom stereocenters. The summed E-state index contributed by atoms with van der Waals surface area (Å²) in [5.74, 6) is -0.936. The van der Waals surface area contributed by atoms with E-state index in [1.165, 1.54) is 37.1 Å². The number of hydrogen-bond donors (Lipinski definition) is 1. The van der Waals surface area contributed by atoms with Gasteiger partial charge < -0.3 is 10.2 Å². The molecule has 1 fully saturated rings. The molecule has 0 saturated carbocycles. The molecule has 1 amide bonds. The molecule has 1 aliphatic rings. The van der Waals surface area contributed by atoms with Gasteiger partial charge in [-0.3, -0.25) is 4.79 Å². The number of benzene rings is 2. The summed E-state index contributed by atoms with van der Waals surface area (Å²) in [6.07, 6.45) is 3.75. The van der Waals surface area contributed by atoms with Gasteiger partial charge in [-0.2, -0.15) is 0 Å². The van der Waals surface area contributed by atoms with E-state index in [4.69, 9.17) is 0 Å². The predicted molar refractivity (Wildman–Crippen MR) is 86.9 cm³/mol. The quantitative estimate of drug-likeness (QED) is 0.926. The lowest BCUT2D eigenvalue weighted by Crippen LogP contribution is -2.29. The van der Waals surface area contributed by atoms with Gasteiger partial charge in [-0.05, 0) is 55.7 Å². The molecular formula is C18H19FN2O. The molecule has 4 heteroatoms. The Hall–Kier alpha value is -2.36. The first kappa shape index (κ1) is 14.6. The minimum atomic E-state index is -0.509. The normalized spacial score (nSPS) is 14.7. The minimum Gasteiger partial charge on any atom is -0.372 e. The molecule has 0 aromatic heterocycles. The number of hydrogen-bond acceptors (Lipinski definition) is 2. The van der Waals surface area contributed by atoms with E-state index in [0.29, 0.717) is 5.69 Å². The highest BCUT2D eigenvalue weighted by atomic mass is 19.1. The van der Waals surface area contributed by atoms with Crippen LogP contribution in [0.3, 0.4) is 0 Å². The lowest BCUT2D eigenvalue weighted by atomic mass is 10.1. The lowest BCUT2D eigenvalue weighted by Gasteiger charge is -2.28. The van der Waals surface area contributed by atoms with Crippen LogP contribution in [0.5, 0.6) is 0 Å². The SMILES string of the molecule is O=C(Nc1ccc(N2CCCCC2)cc1)c1ccccc1F. The zero-order valence-corrected chi connectivity index (χ0v) is 12.4. The number of halogens is 1. The van der Waals surface area contributed by atoms with Gasteiger partial charge in [0, 0.05) is 24.5 Å². The number of piperidine rings is 1. The first-order valence-corrected chi connectivity index (χ1v) is 7.65. The maximum atomic E-state index is 13.6. The molecule has 3 nitrogen and oxygen atoms in total. The Morgan fingerprint density at radius 1 is 0.955 bits per heavy atom. The van der Waals surface area contributed by atoms with Crippen LogP contribution >= 0.6 is 0 Å². The average Bonchev–Trinajstić information content (AvgIpc) is 2.57. The van der Waals surface area contributed by atoms with E-state index in [-0.39, 0.29) is 5.56 Å². The van der Waals surface area contributed by atoms with Crippen molar-refractivity contribution in [2.45, 2.75) is 19.3 Å². The second-order valence-corrected chi connectivity index (χ2v) is 5.53. The van der Waals surface area contributed by atoms with Gasteiger partial charge in [0.15, 0.2) is 0 Å². The number of anilines is 2. The van der Waals surface area contributed by atoms with Gasteiger partial charge in [-0.1, -0.05) is 12.1 Å². The van der Waals surface area contributed by atoms with Crippen LogP contribution in [0.1, 0.15) is 29.6 Å². The van der Waals surface area contributed by atoms with Crippen molar-refractivity contribution in [2.75, 3.05) is 23.3 Å². The molecule has 1 heterocycles. The maximum Gasteiger partial charge on any atom is 0.258 e. The molecule has 2 aromatic rings. The summed E-state index contributed by atoms with van der Waals surface area (Å²) in [6.45, 7) is 2.17. The molecule has 1 aliphatic heterocycles. The minimum absolute atomic E-state index is 0.0580. The number of amides is 1. The van der Waals surface area contributed by atoms with Gasteiger partial charge in [0.25, 0.3) is 5.91 Å². The zero-order valence-electron chi connectivity index (χ0n) is 12.4. The van der Waals surface area contributed by atoms with Gasteiger partial charge in [0.05, 0.1) is 5.56 Å². The zero-order chi connectivity index (χ0) is 15.4. The highest BCUT2D eigenvalue weighted by Crippen LogP contribution is 2.22. The lowest BCUT2D eigenvalue weighted by molar-refractivity contribution is 0.102. The van der Waals surface area contributed by atoms with E-state index in [0.717, 1.165) is 13.1 Å². The van der Waals surface area contributed by atoms with Crippen LogP contribution in [0, 0.1) is 5.82 Å². The van der Waals surface area contributed by atoms with E-state index < -0.39 is 11.7 Å². The van der Waals surface area contributed by atoms with Gasteiger partial charge in [-0.25, -0.2) is 4.39 Å². The summed E-state index contributed by atoms with van der Waals surface area (Å²) in [7, 11) is 0. The molecular weight excluding hydrogens is 279 g/mol. The third kappa shape index (κ3) is 3.27. The largest absolute Gasteiger partial charge is 0.372 e. The summed E-state index contributed by atoms with van der Waals surface area (Å²) in [4.78, 5) is 14.4. The molecule has 0 unspecified atom stereocenters. The molecule has 1 saturated heterocycles. The van der Waals surface area contributed by atoms with Gasteiger partial charge in [0.1, 0.15) is 5.82 Å². The fourth-order valence-corrected chi connectivity index (χ4v) is 2.75. The first-order valence-electron chi connectivity index (χ1n) is 7.65. The van der Waals surface area contributed by atoms with Crippen molar-refractivity contribution in [1.82, 2.24) is 0 Å². The number of nitrogens with one attached hydrogen (secondary N) is 1. The summed E-state index contributed by atoms with van der Waals surface area (Å²) >= 11 is 0. The molecule has 22 heavy (non-hydrogen) atoms. The van der Waals surface area contributed by atoms with Crippen molar-refractivity contribution in [1.29, 1.82) is 0 Å². The first-order chi connectivity index (χ1) is 10.7. The second kappa shape index (κ2) is 6.60. The monoisotopic (exact) mass is 298 g/mol. The van der Waals surface area contributed by atoms with Crippen molar-refractivity contribution in [2.24, 2.45) is 0 Å². The smallest absolute Gasteiger partial charge is 0.258 e. The van der Waals surface area contributed by atoms with Crippen LogP contribution in [0.4, 0.5) is 15.8 Å². The van der Waals surface area contributed by atoms with E-state index in [9.17, 15) is 9.18 Å². The Bertz CT molecular complexity index is 648. The summed E-state index contributed by atoms with van der Waals surface area (Å²) in [5.41, 5.74) is 1.90. The third-order valence-corrected chi connectivity index (χ3v) is 3.96. The number of nitrogens with zero attached hydrogens (tertiary/aromatic N) is 1. The Kier molecular flexibility index (Phi) is 4.37. The third-order valence-electron chi connectivity index (χ3n) is 3.96. The number of carbonyl (C=O) groups is 1. The molecule has 2 aromatic carbocycles. The van der Waals surface area contributed by atoms with Crippen molar-refractivity contribution in [3.63, 3.8) is 0 Å². The Morgan fingerprint density at radius 2 is 1.64 bits per heavy atom. The summed E-state index contributed by atoms with van der Waals surface area (Å²) in [5, 5.41) is 2.73. The van der Waals surface area contributed by atoms with Gasteiger partial charge in [-0.15, -0.1) is 0 Å². The molecule has 114 valence electrons. The van der Waals surface area contributed by atoms with E-state index in [2.05, 4.69) is 10.2 Å². The fourth-order valence-electron chi connectivity index (χ4n) is 2.75. The molecule has 1 N–H and O–H groups in total. The highest BCUT2D eigenvalue weighted by molar-refractivity contribution is 6.04. The van der Waals surface area contributed by atoms with Crippen LogP contribution in [0.15, 0.2) is 48.5 Å². The van der Waals surface area contributed by atoms with Gasteiger partial charge in [0.2, 0.25) is 0 Å². The fraction of sp³-hybridized carbons (Fsp3) is 0.278. The number of rotatable bonds is 3. The van der Waals surface area contributed by atoms with Crippen molar-refractivity contribution < 1.29 is 9.18 Å². The summed E-state index contributed by atoms with van der Waals surface area (Å²) in [6, 6.07) is 13.7. The predicted octanol–water partition coefficient (Wildman–Crippen LogP) is 4.07. The topological polar surface area (TPSA) is 32.3 Å². The standard InChI is InChI=1S/C18H19FN2O/c19-17-7-3-2-6-16(17)18(22)20-14-8-10-15(11-9-14)21-12-4-1-5-13-21/h2-3,6-11H,1,4-5,12-13H2,(H,20,22). The molecule has 3 rings (SSSR count). The van der Waals surface area contributed by atoms with Crippen LogP contribution in [0.2, 0.25) is 0 Å². The van der Waals surface area contributed by atoms with Crippen LogP contribution < -0.4 is 10.2 Å². The van der Waals surface area contributed by atoms with Crippen molar-refractivity contribution in [3.8, 4) is 0 Å². The van der Waals surface area contributed by atoms with Crippen LogP contribution in [0.25, 0.3) is 0 Å². The van der Waals surface area contributed by atoms with Gasteiger partial charge >= 0.3 is 0 Å². The molecule has 0 spiro atoms. The van der Waals surface area contributed by atoms with Crippen molar-refractivity contribution >= 4 is 17.3 Å². The summed E-state index contributed by atoms with van der Waals surface area (Å²) < 4.78 is 13.6. The average molecular weight is 298 g/mol. The second-order valence-electron chi connectivity index (χ2n) is 5.53. The van der Waals surface area contributed by atoms with Crippen molar-refractivity contribution in [3.05, 3.63) is 59.9 Å². The molecule has 0 bridgehead atoms. The van der Waals surface area contributed by atoms with Crippen LogP contribution in [-0.2, 0) is 0 Å². The molecule has 0 aliphatic carbocycles. The van der Waals surface area contributed by atoms with E-state index >= 15 is 0 Å². The Labute approximate surface area is 129 Å². The number of carbonyl (C=O) groups excluding carboxylic acids is 1. The Morgan fingerprint density at radius 3 is 2.32 bits per heavy atom. The van der Waals surface area contributed by atoms with Crippen LogP contribution in [-0.4, -0.2) is 19.0 Å². The van der Waals surface area contributed by atoms with E-state index in [1.807, 2.05) is 24.3 Å². The molecule has 0 radical (unpaired) electrons.